The van der Waals surface area contributed by atoms with E-state index in [0.717, 1.165) is 10.7 Å². The minimum Gasteiger partial charge on any atom is -0.477 e. The van der Waals surface area contributed by atoms with Crippen molar-refractivity contribution in [1.82, 2.24) is 19.7 Å². The van der Waals surface area contributed by atoms with E-state index in [1.807, 2.05) is 7.05 Å². The molecule has 0 bridgehead atoms. The molecular weight excluding hydrogens is 300 g/mol. The number of hydrogen-bond acceptors (Lipinski definition) is 6. The standard InChI is InChI=1S/C11H12N4O3S2/c1-14-5-12-13-11(14)20-4-6-3-19-8-2-7(16)15(8)9(6)10(17)18/h5,8H,2-4H2,1H3,(H,17,18)/t8-/m1/s1. The Morgan fingerprint density at radius 3 is 3.05 bits per heavy atom. The van der Waals surface area contributed by atoms with Gasteiger partial charge >= 0.3 is 5.97 Å². The fourth-order valence-electron chi connectivity index (χ4n) is 2.14. The summed E-state index contributed by atoms with van der Waals surface area (Å²) in [4.78, 5) is 24.4. The molecule has 0 aromatic carbocycles. The lowest BCUT2D eigenvalue weighted by atomic mass is 10.1. The maximum absolute atomic E-state index is 11.6. The Labute approximate surface area is 123 Å². The zero-order chi connectivity index (χ0) is 14.3. The van der Waals surface area contributed by atoms with Crippen molar-refractivity contribution >= 4 is 35.4 Å². The molecule has 2 aliphatic heterocycles. The van der Waals surface area contributed by atoms with Crippen molar-refractivity contribution in [2.75, 3.05) is 11.5 Å². The Balaban J connectivity index is 1.82. The Morgan fingerprint density at radius 1 is 1.65 bits per heavy atom. The molecule has 2 aliphatic rings. The van der Waals surface area contributed by atoms with Gasteiger partial charge in [-0.2, -0.15) is 0 Å². The summed E-state index contributed by atoms with van der Waals surface area (Å²) < 4.78 is 1.78. The second-order valence-corrected chi connectivity index (χ2v) is 6.61. The van der Waals surface area contributed by atoms with E-state index in [4.69, 9.17) is 0 Å². The number of hydrogen-bond donors (Lipinski definition) is 1. The molecule has 1 aromatic rings. The summed E-state index contributed by atoms with van der Waals surface area (Å²) >= 11 is 3.04. The average molecular weight is 312 g/mol. The SMILES string of the molecule is Cn1cnnc1SCC1=C(C(=O)O)N2C(=O)C[C@H]2SC1. The van der Waals surface area contributed by atoms with Crippen molar-refractivity contribution in [2.45, 2.75) is 17.0 Å². The van der Waals surface area contributed by atoms with Gasteiger partial charge in [-0.3, -0.25) is 9.69 Å². The largest absolute Gasteiger partial charge is 0.477 e. The first-order valence-electron chi connectivity index (χ1n) is 5.93. The zero-order valence-electron chi connectivity index (χ0n) is 10.6. The number of fused-ring (bicyclic) bond motifs is 1. The van der Waals surface area contributed by atoms with Crippen LogP contribution in [-0.4, -0.2) is 53.5 Å². The van der Waals surface area contributed by atoms with Crippen molar-refractivity contribution in [3.05, 3.63) is 17.6 Å². The molecule has 106 valence electrons. The number of aryl methyl sites for hydroxylation is 1. The molecule has 0 radical (unpaired) electrons. The number of nitrogens with zero attached hydrogens (tertiary/aromatic N) is 4. The monoisotopic (exact) mass is 312 g/mol. The lowest BCUT2D eigenvalue weighted by molar-refractivity contribution is -0.146. The minimum absolute atomic E-state index is 0.00261. The lowest BCUT2D eigenvalue weighted by Crippen LogP contribution is -2.54. The van der Waals surface area contributed by atoms with Crippen LogP contribution in [0.5, 0.6) is 0 Å². The highest BCUT2D eigenvalue weighted by Crippen LogP contribution is 2.40. The Morgan fingerprint density at radius 2 is 2.45 bits per heavy atom. The molecule has 9 heteroatoms. The molecule has 7 nitrogen and oxygen atoms in total. The second kappa shape index (κ2) is 5.13. The first-order valence-corrected chi connectivity index (χ1v) is 7.97. The molecule has 3 rings (SSSR count). The number of aliphatic carboxylic acids is 1. The molecular formula is C11H12N4O3S2. The van der Waals surface area contributed by atoms with Crippen molar-refractivity contribution in [1.29, 1.82) is 0 Å². The van der Waals surface area contributed by atoms with E-state index in [0.29, 0.717) is 17.9 Å². The number of carbonyl (C=O) groups excluding carboxylic acids is 1. The van der Waals surface area contributed by atoms with Gasteiger partial charge < -0.3 is 9.67 Å². The molecule has 0 saturated carbocycles. The molecule has 0 aliphatic carbocycles. The van der Waals surface area contributed by atoms with E-state index in [1.165, 1.54) is 16.7 Å². The third kappa shape index (κ3) is 2.20. The van der Waals surface area contributed by atoms with Gasteiger partial charge in [-0.25, -0.2) is 4.79 Å². The molecule has 1 aromatic heterocycles. The maximum Gasteiger partial charge on any atom is 0.352 e. The highest BCUT2D eigenvalue weighted by Gasteiger charge is 2.45. The fourth-order valence-corrected chi connectivity index (χ4v) is 4.44. The molecule has 1 atom stereocenters. The van der Waals surface area contributed by atoms with E-state index in [9.17, 15) is 14.7 Å². The molecule has 0 unspecified atom stereocenters. The number of thioether (sulfide) groups is 2. The maximum atomic E-state index is 11.6. The van der Waals surface area contributed by atoms with Crippen LogP contribution in [0.3, 0.4) is 0 Å². The van der Waals surface area contributed by atoms with E-state index in [2.05, 4.69) is 10.2 Å². The number of carbonyl (C=O) groups is 2. The predicted octanol–water partition coefficient (Wildman–Crippen LogP) is 0.551. The Bertz CT molecular complexity index is 613. The zero-order valence-corrected chi connectivity index (χ0v) is 12.3. The highest BCUT2D eigenvalue weighted by molar-refractivity contribution is 8.00. The van der Waals surface area contributed by atoms with Gasteiger partial charge in [0, 0.05) is 18.6 Å². The molecule has 1 fully saturated rings. The molecule has 1 saturated heterocycles. The van der Waals surface area contributed by atoms with E-state index in [-0.39, 0.29) is 17.0 Å². The predicted molar refractivity (Wildman–Crippen MR) is 74.1 cm³/mol. The molecule has 1 amide bonds. The van der Waals surface area contributed by atoms with Gasteiger partial charge in [0.2, 0.25) is 5.91 Å². The van der Waals surface area contributed by atoms with Gasteiger partial charge in [0.15, 0.2) is 5.16 Å². The van der Waals surface area contributed by atoms with Crippen molar-refractivity contribution < 1.29 is 14.7 Å². The summed E-state index contributed by atoms with van der Waals surface area (Å²) in [5.41, 5.74) is 0.916. The summed E-state index contributed by atoms with van der Waals surface area (Å²) in [5, 5.41) is 17.8. The smallest absolute Gasteiger partial charge is 0.352 e. The molecule has 1 N–H and O–H groups in total. The fraction of sp³-hybridized carbons (Fsp3) is 0.455. The van der Waals surface area contributed by atoms with Crippen molar-refractivity contribution in [2.24, 2.45) is 7.05 Å². The summed E-state index contributed by atoms with van der Waals surface area (Å²) in [5.74, 6) is -0.00354. The second-order valence-electron chi connectivity index (χ2n) is 4.50. The number of amides is 1. The van der Waals surface area contributed by atoms with Crippen LogP contribution in [0.2, 0.25) is 0 Å². The summed E-state index contributed by atoms with van der Waals surface area (Å²) in [6.45, 7) is 0. The van der Waals surface area contributed by atoms with Crippen LogP contribution in [-0.2, 0) is 16.6 Å². The van der Waals surface area contributed by atoms with Crippen molar-refractivity contribution in [3.63, 3.8) is 0 Å². The van der Waals surface area contributed by atoms with Crippen LogP contribution in [0.15, 0.2) is 22.8 Å². The van der Waals surface area contributed by atoms with Crippen LogP contribution >= 0.6 is 23.5 Å². The van der Waals surface area contributed by atoms with E-state index >= 15 is 0 Å². The highest BCUT2D eigenvalue weighted by atomic mass is 32.2. The van der Waals surface area contributed by atoms with Crippen LogP contribution in [0.25, 0.3) is 0 Å². The number of carboxylic acids is 1. The third-order valence-corrected chi connectivity index (χ3v) is 5.58. The van der Waals surface area contributed by atoms with E-state index < -0.39 is 5.97 Å². The summed E-state index contributed by atoms with van der Waals surface area (Å²) in [6.07, 6.45) is 2.03. The van der Waals surface area contributed by atoms with Gasteiger partial charge in [-0.05, 0) is 5.57 Å². The van der Waals surface area contributed by atoms with Crippen LogP contribution < -0.4 is 0 Å². The minimum atomic E-state index is -1.03. The number of carboxylic acid groups (broad SMARTS) is 1. The molecule has 20 heavy (non-hydrogen) atoms. The van der Waals surface area contributed by atoms with Crippen molar-refractivity contribution in [3.8, 4) is 0 Å². The first kappa shape index (κ1) is 13.5. The number of rotatable bonds is 4. The van der Waals surface area contributed by atoms with Gasteiger partial charge in [-0.15, -0.1) is 22.0 Å². The van der Waals surface area contributed by atoms with Crippen LogP contribution in [0.4, 0.5) is 0 Å². The normalized spacial score (nSPS) is 21.8. The third-order valence-electron chi connectivity index (χ3n) is 3.18. The number of β-lactam (4-membered cyclic amide) rings is 1. The Hall–Kier alpha value is -1.48. The summed E-state index contributed by atoms with van der Waals surface area (Å²) in [6, 6.07) is 0. The summed E-state index contributed by atoms with van der Waals surface area (Å²) in [7, 11) is 1.83. The topological polar surface area (TPSA) is 88.3 Å². The van der Waals surface area contributed by atoms with Crippen LogP contribution in [0, 0.1) is 0 Å². The van der Waals surface area contributed by atoms with Gasteiger partial charge in [0.25, 0.3) is 0 Å². The van der Waals surface area contributed by atoms with E-state index in [1.54, 1.807) is 22.7 Å². The lowest BCUT2D eigenvalue weighted by Gasteiger charge is -2.43. The Kier molecular flexibility index (Phi) is 3.47. The van der Waals surface area contributed by atoms with Crippen LogP contribution in [0.1, 0.15) is 6.42 Å². The molecule has 0 spiro atoms. The molecule has 3 heterocycles. The number of aromatic nitrogens is 3. The van der Waals surface area contributed by atoms with Gasteiger partial charge in [-0.1, -0.05) is 11.8 Å². The first-order chi connectivity index (χ1) is 9.58. The average Bonchev–Trinajstić information content (AvgIpc) is 2.80. The quantitative estimate of drug-likeness (QED) is 0.641. The van der Waals surface area contributed by atoms with Gasteiger partial charge in [0.1, 0.15) is 12.0 Å². The van der Waals surface area contributed by atoms with Gasteiger partial charge in [0.05, 0.1) is 11.8 Å².